The summed E-state index contributed by atoms with van der Waals surface area (Å²) in [5.41, 5.74) is 8.53. The smallest absolute Gasteiger partial charge is 0.0184 e. The van der Waals surface area contributed by atoms with Crippen LogP contribution in [0.2, 0.25) is 0 Å². The van der Waals surface area contributed by atoms with Crippen molar-refractivity contribution in [3.8, 4) is 0 Å². The minimum atomic E-state index is 0.656. The number of hydrogen-bond acceptors (Lipinski definition) is 2. The van der Waals surface area contributed by atoms with E-state index < -0.39 is 0 Å². The predicted octanol–water partition coefficient (Wildman–Crippen LogP) is 0.991. The Morgan fingerprint density at radius 1 is 1.45 bits per heavy atom. The van der Waals surface area contributed by atoms with Crippen molar-refractivity contribution in [3.63, 3.8) is 0 Å². The summed E-state index contributed by atoms with van der Waals surface area (Å²) >= 11 is 0. The summed E-state index contributed by atoms with van der Waals surface area (Å²) < 4.78 is 0. The van der Waals surface area contributed by atoms with Crippen molar-refractivity contribution in [2.24, 2.45) is 11.7 Å². The number of nitrogens with one attached hydrogen (secondary N) is 1. The summed E-state index contributed by atoms with van der Waals surface area (Å²) in [5, 5.41) is 3.52. The molecule has 0 bridgehead atoms. The Bertz CT molecular complexity index is 196. The van der Waals surface area contributed by atoms with Crippen molar-refractivity contribution in [3.05, 3.63) is 11.3 Å². The third kappa shape index (κ3) is 1.06. The van der Waals surface area contributed by atoms with E-state index in [1.54, 1.807) is 0 Å². The average molecular weight is 152 g/mol. The van der Waals surface area contributed by atoms with Crippen LogP contribution in [0.5, 0.6) is 0 Å². The molecule has 2 heteroatoms. The van der Waals surface area contributed by atoms with Crippen LogP contribution in [0.4, 0.5) is 0 Å². The number of fused-ring (bicyclic) bond motifs is 1. The summed E-state index contributed by atoms with van der Waals surface area (Å²) in [5.74, 6) is 0.656. The van der Waals surface area contributed by atoms with E-state index in [-0.39, 0.29) is 0 Å². The molecule has 62 valence electrons. The van der Waals surface area contributed by atoms with Gasteiger partial charge in [0.25, 0.3) is 0 Å². The number of rotatable bonds is 0. The molecule has 11 heavy (non-hydrogen) atoms. The molecular formula is C9H16N2. The number of nitrogens with two attached hydrogens (primary N) is 1. The molecule has 0 aromatic heterocycles. The normalized spacial score (nSPS) is 37.5. The van der Waals surface area contributed by atoms with Crippen LogP contribution in [0.25, 0.3) is 0 Å². The topological polar surface area (TPSA) is 38.0 Å². The summed E-state index contributed by atoms with van der Waals surface area (Å²) in [4.78, 5) is 0. The van der Waals surface area contributed by atoms with Crippen LogP contribution >= 0.6 is 0 Å². The second-order valence-electron chi connectivity index (χ2n) is 3.76. The first kappa shape index (κ1) is 7.17. The summed E-state index contributed by atoms with van der Waals surface area (Å²) in [6.45, 7) is 3.14. The first-order valence-electron chi connectivity index (χ1n) is 4.47. The summed E-state index contributed by atoms with van der Waals surface area (Å²) in [6, 6.07) is 0.693. The van der Waals surface area contributed by atoms with Gasteiger partial charge in [0.1, 0.15) is 0 Å². The quantitative estimate of drug-likeness (QED) is 0.543. The zero-order valence-corrected chi connectivity index (χ0v) is 7.06. The van der Waals surface area contributed by atoms with Gasteiger partial charge in [0, 0.05) is 24.2 Å². The average Bonchev–Trinajstić information content (AvgIpc) is 2.45. The van der Waals surface area contributed by atoms with Crippen molar-refractivity contribution < 1.29 is 0 Å². The fourth-order valence-corrected chi connectivity index (χ4v) is 2.28. The third-order valence-corrected chi connectivity index (χ3v) is 3.04. The van der Waals surface area contributed by atoms with Crippen LogP contribution in [0.3, 0.4) is 0 Å². The molecule has 2 nitrogen and oxygen atoms in total. The van der Waals surface area contributed by atoms with E-state index in [1.807, 2.05) is 0 Å². The molecule has 1 heterocycles. The van der Waals surface area contributed by atoms with E-state index in [9.17, 15) is 0 Å². The van der Waals surface area contributed by atoms with Crippen molar-refractivity contribution >= 4 is 0 Å². The zero-order valence-electron chi connectivity index (χ0n) is 7.06. The van der Waals surface area contributed by atoms with Crippen LogP contribution in [0.15, 0.2) is 11.3 Å². The van der Waals surface area contributed by atoms with Gasteiger partial charge in [0.15, 0.2) is 0 Å². The lowest BCUT2D eigenvalue weighted by Gasteiger charge is -2.28. The second-order valence-corrected chi connectivity index (χ2v) is 3.76. The maximum absolute atomic E-state index is 6.00. The Balaban J connectivity index is 2.23. The van der Waals surface area contributed by atoms with E-state index >= 15 is 0 Å². The van der Waals surface area contributed by atoms with Gasteiger partial charge in [-0.05, 0) is 25.3 Å². The highest BCUT2D eigenvalue weighted by molar-refractivity contribution is 5.20. The first-order valence-corrected chi connectivity index (χ1v) is 4.47. The third-order valence-electron chi connectivity index (χ3n) is 3.04. The minimum absolute atomic E-state index is 0.656. The Hall–Kier alpha value is -0.500. The van der Waals surface area contributed by atoms with E-state index in [0.29, 0.717) is 12.0 Å². The van der Waals surface area contributed by atoms with Crippen LogP contribution in [0, 0.1) is 5.92 Å². The molecule has 0 spiro atoms. The lowest BCUT2D eigenvalue weighted by molar-refractivity contribution is 0.426. The molecule has 2 aliphatic rings. The van der Waals surface area contributed by atoms with E-state index in [1.165, 1.54) is 30.5 Å². The fraction of sp³-hybridized carbons (Fsp3) is 0.778. The molecule has 1 aliphatic carbocycles. The molecule has 1 saturated carbocycles. The van der Waals surface area contributed by atoms with E-state index in [4.69, 9.17) is 5.73 Å². The fourth-order valence-electron chi connectivity index (χ4n) is 2.28. The first-order chi connectivity index (χ1) is 5.29. The monoisotopic (exact) mass is 152 g/mol. The van der Waals surface area contributed by atoms with Gasteiger partial charge < -0.3 is 11.1 Å². The standard InChI is InChI=1S/C9H16N2/c1-6-5-11-8-4-2-3-7(8)9(6)10/h7-8,11H,2-5,10H2,1H3. The summed E-state index contributed by atoms with van der Waals surface area (Å²) in [6.07, 6.45) is 3.95. The Kier molecular flexibility index (Phi) is 1.64. The second kappa shape index (κ2) is 2.52. The Morgan fingerprint density at radius 2 is 2.27 bits per heavy atom. The van der Waals surface area contributed by atoms with E-state index in [2.05, 4.69) is 12.2 Å². The molecule has 0 saturated heterocycles. The molecule has 0 aromatic rings. The van der Waals surface area contributed by atoms with Crippen molar-refractivity contribution in [1.29, 1.82) is 0 Å². The largest absolute Gasteiger partial charge is 0.402 e. The van der Waals surface area contributed by atoms with Crippen molar-refractivity contribution in [1.82, 2.24) is 5.32 Å². The van der Waals surface area contributed by atoms with Gasteiger partial charge in [-0.25, -0.2) is 0 Å². The van der Waals surface area contributed by atoms with Gasteiger partial charge in [0.05, 0.1) is 0 Å². The van der Waals surface area contributed by atoms with Gasteiger partial charge in [-0.2, -0.15) is 0 Å². The van der Waals surface area contributed by atoms with Gasteiger partial charge >= 0.3 is 0 Å². The van der Waals surface area contributed by atoms with Crippen LogP contribution < -0.4 is 11.1 Å². The molecule has 2 rings (SSSR count). The minimum Gasteiger partial charge on any atom is -0.402 e. The molecular weight excluding hydrogens is 136 g/mol. The van der Waals surface area contributed by atoms with Crippen LogP contribution in [-0.2, 0) is 0 Å². The molecule has 0 amide bonds. The van der Waals surface area contributed by atoms with Crippen molar-refractivity contribution in [2.45, 2.75) is 32.2 Å². The predicted molar refractivity (Wildman–Crippen MR) is 46.0 cm³/mol. The van der Waals surface area contributed by atoms with Gasteiger partial charge in [0.2, 0.25) is 0 Å². The number of hydrogen-bond donors (Lipinski definition) is 2. The molecule has 1 fully saturated rings. The maximum atomic E-state index is 6.00. The van der Waals surface area contributed by atoms with Crippen molar-refractivity contribution in [2.75, 3.05) is 6.54 Å². The highest BCUT2D eigenvalue weighted by Gasteiger charge is 2.32. The molecule has 3 N–H and O–H groups in total. The molecule has 0 radical (unpaired) electrons. The van der Waals surface area contributed by atoms with E-state index in [0.717, 1.165) is 6.54 Å². The highest BCUT2D eigenvalue weighted by atomic mass is 15.0. The highest BCUT2D eigenvalue weighted by Crippen LogP contribution is 2.33. The summed E-state index contributed by atoms with van der Waals surface area (Å²) in [7, 11) is 0. The zero-order chi connectivity index (χ0) is 7.84. The van der Waals surface area contributed by atoms with Gasteiger partial charge in [-0.3, -0.25) is 0 Å². The molecule has 2 unspecified atom stereocenters. The van der Waals surface area contributed by atoms with Crippen LogP contribution in [-0.4, -0.2) is 12.6 Å². The molecule has 0 aromatic carbocycles. The lowest BCUT2D eigenvalue weighted by Crippen LogP contribution is -2.41. The van der Waals surface area contributed by atoms with Gasteiger partial charge in [-0.1, -0.05) is 6.42 Å². The SMILES string of the molecule is CC1=C(N)C2CCCC2NC1. The van der Waals surface area contributed by atoms with Crippen LogP contribution in [0.1, 0.15) is 26.2 Å². The maximum Gasteiger partial charge on any atom is 0.0184 e. The Labute approximate surface area is 67.8 Å². The molecule has 2 atom stereocenters. The molecule has 1 aliphatic heterocycles. The van der Waals surface area contributed by atoms with Gasteiger partial charge in [-0.15, -0.1) is 0 Å². The lowest BCUT2D eigenvalue weighted by atomic mass is 9.93. The Morgan fingerprint density at radius 3 is 3.09 bits per heavy atom.